The fourth-order valence-corrected chi connectivity index (χ4v) is 3.98. The Labute approximate surface area is 169 Å². The third-order valence-electron chi connectivity index (χ3n) is 5.39. The first-order chi connectivity index (χ1) is 13.5. The van der Waals surface area contributed by atoms with Crippen LogP contribution in [0.1, 0.15) is 46.3 Å². The first kappa shape index (κ1) is 18.7. The number of carbonyl (C=O) groups is 1. The van der Waals surface area contributed by atoms with Gasteiger partial charge in [0.05, 0.1) is 10.7 Å². The number of piperidine rings is 1. The van der Waals surface area contributed by atoms with Gasteiger partial charge in [-0.25, -0.2) is 4.98 Å². The van der Waals surface area contributed by atoms with Crippen molar-refractivity contribution < 1.29 is 4.79 Å². The summed E-state index contributed by atoms with van der Waals surface area (Å²) < 4.78 is 3.81. The minimum Gasteiger partial charge on any atom is -0.336 e. The fourth-order valence-electron chi connectivity index (χ4n) is 3.74. The van der Waals surface area contributed by atoms with Gasteiger partial charge in [0.1, 0.15) is 5.82 Å². The number of carbonyl (C=O) groups excluding carboxylic acids is 1. The number of rotatable bonds is 4. The highest BCUT2D eigenvalue weighted by atomic mass is 35.5. The lowest BCUT2D eigenvalue weighted by molar-refractivity contribution is 0.0697. The van der Waals surface area contributed by atoms with Gasteiger partial charge in [0.2, 0.25) is 0 Å². The molecule has 3 aromatic heterocycles. The maximum absolute atomic E-state index is 13.0. The molecule has 3 aromatic rings. The van der Waals surface area contributed by atoms with Crippen LogP contribution in [0.15, 0.2) is 36.9 Å². The van der Waals surface area contributed by atoms with E-state index in [0.29, 0.717) is 23.8 Å². The lowest BCUT2D eigenvalue weighted by Crippen LogP contribution is -2.40. The number of imidazole rings is 1. The molecular formula is C20H23ClN6O. The molecule has 8 heteroatoms. The average Bonchev–Trinajstić information content (AvgIpc) is 3.28. The van der Waals surface area contributed by atoms with E-state index in [1.807, 2.05) is 36.4 Å². The number of hydrogen-bond acceptors (Lipinski definition) is 4. The summed E-state index contributed by atoms with van der Waals surface area (Å²) in [4.78, 5) is 23.5. The van der Waals surface area contributed by atoms with Crippen LogP contribution in [0, 0.1) is 6.92 Å². The van der Waals surface area contributed by atoms with Crippen molar-refractivity contribution in [3.8, 4) is 0 Å². The molecule has 1 aliphatic rings. The molecule has 0 N–H and O–H groups in total. The van der Waals surface area contributed by atoms with Crippen LogP contribution in [0.2, 0.25) is 5.02 Å². The van der Waals surface area contributed by atoms with E-state index in [4.69, 9.17) is 11.6 Å². The van der Waals surface area contributed by atoms with Gasteiger partial charge in [-0.1, -0.05) is 11.6 Å². The van der Waals surface area contributed by atoms with Gasteiger partial charge in [0, 0.05) is 57.4 Å². The van der Waals surface area contributed by atoms with Crippen molar-refractivity contribution in [1.29, 1.82) is 0 Å². The Hall–Kier alpha value is -2.67. The van der Waals surface area contributed by atoms with Gasteiger partial charge in [0.15, 0.2) is 5.69 Å². The Balaban J connectivity index is 1.52. The molecule has 4 rings (SSSR count). The molecule has 0 bridgehead atoms. The molecule has 0 radical (unpaired) electrons. The summed E-state index contributed by atoms with van der Waals surface area (Å²) in [5, 5.41) is 4.75. The Morgan fingerprint density at radius 2 is 2.07 bits per heavy atom. The van der Waals surface area contributed by atoms with E-state index in [1.165, 1.54) is 5.56 Å². The van der Waals surface area contributed by atoms with Gasteiger partial charge in [-0.15, -0.1) is 0 Å². The second kappa shape index (κ2) is 7.75. The molecule has 0 saturated carbocycles. The number of hydrogen-bond donors (Lipinski definition) is 0. The van der Waals surface area contributed by atoms with Crippen molar-refractivity contribution in [2.75, 3.05) is 13.1 Å². The number of aromatic nitrogens is 5. The van der Waals surface area contributed by atoms with Crippen LogP contribution in [-0.2, 0) is 13.6 Å². The summed E-state index contributed by atoms with van der Waals surface area (Å²) in [6.45, 7) is 3.94. The predicted molar refractivity (Wildman–Crippen MR) is 106 cm³/mol. The highest BCUT2D eigenvalue weighted by molar-refractivity contribution is 6.34. The third-order valence-corrected chi connectivity index (χ3v) is 5.84. The van der Waals surface area contributed by atoms with Crippen LogP contribution in [-0.4, -0.2) is 48.2 Å². The lowest BCUT2D eigenvalue weighted by Gasteiger charge is -2.32. The predicted octanol–water partition coefficient (Wildman–Crippen LogP) is 3.04. The standard InChI is InChI=1S/C20H23ClN6O/c1-14-17(21)18(24-25(14)2)20(28)27-10-3-4-16(13-27)19-23-9-11-26(19)12-15-5-7-22-8-6-15/h5-9,11,16H,3-4,10,12-13H2,1-2H3/t16-/m0/s1. The number of halogens is 1. The number of likely N-dealkylation sites (tertiary alicyclic amines) is 1. The second-order valence-electron chi connectivity index (χ2n) is 7.23. The van der Waals surface area contributed by atoms with Crippen LogP contribution >= 0.6 is 11.6 Å². The maximum Gasteiger partial charge on any atom is 0.275 e. The first-order valence-corrected chi connectivity index (χ1v) is 9.80. The van der Waals surface area contributed by atoms with Crippen molar-refractivity contribution in [3.05, 3.63) is 64.7 Å². The van der Waals surface area contributed by atoms with Gasteiger partial charge in [-0.05, 0) is 37.5 Å². The molecule has 28 heavy (non-hydrogen) atoms. The zero-order chi connectivity index (χ0) is 19.7. The summed E-state index contributed by atoms with van der Waals surface area (Å²) in [6, 6.07) is 4.01. The molecular weight excluding hydrogens is 376 g/mol. The molecule has 146 valence electrons. The van der Waals surface area contributed by atoms with Crippen LogP contribution in [0.25, 0.3) is 0 Å². The number of pyridine rings is 1. The van der Waals surface area contributed by atoms with E-state index in [-0.39, 0.29) is 11.8 Å². The number of nitrogens with zero attached hydrogens (tertiary/aromatic N) is 6. The Kier molecular flexibility index (Phi) is 5.17. The second-order valence-corrected chi connectivity index (χ2v) is 7.61. The third kappa shape index (κ3) is 3.54. The van der Waals surface area contributed by atoms with Crippen LogP contribution < -0.4 is 0 Å². The molecule has 1 saturated heterocycles. The minimum absolute atomic E-state index is 0.106. The number of aryl methyl sites for hydroxylation is 1. The topological polar surface area (TPSA) is 68.8 Å². The molecule has 1 atom stereocenters. The molecule has 0 aliphatic carbocycles. The van der Waals surface area contributed by atoms with Gasteiger partial charge < -0.3 is 9.47 Å². The lowest BCUT2D eigenvalue weighted by atomic mass is 9.96. The highest BCUT2D eigenvalue weighted by Gasteiger charge is 2.30. The molecule has 7 nitrogen and oxygen atoms in total. The quantitative estimate of drug-likeness (QED) is 0.677. The summed E-state index contributed by atoms with van der Waals surface area (Å²) in [5.74, 6) is 1.10. The van der Waals surface area contributed by atoms with E-state index in [1.54, 1.807) is 24.1 Å². The van der Waals surface area contributed by atoms with E-state index < -0.39 is 0 Å². The van der Waals surface area contributed by atoms with E-state index in [0.717, 1.165) is 30.9 Å². The van der Waals surface area contributed by atoms with Crippen molar-refractivity contribution in [1.82, 2.24) is 29.2 Å². The van der Waals surface area contributed by atoms with Gasteiger partial charge in [-0.3, -0.25) is 14.5 Å². The fraction of sp³-hybridized carbons (Fsp3) is 0.400. The van der Waals surface area contributed by atoms with Crippen molar-refractivity contribution in [2.45, 2.75) is 32.2 Å². The van der Waals surface area contributed by atoms with E-state index in [2.05, 4.69) is 19.6 Å². The maximum atomic E-state index is 13.0. The molecule has 1 aliphatic heterocycles. The van der Waals surface area contributed by atoms with Crippen molar-refractivity contribution >= 4 is 17.5 Å². The zero-order valence-electron chi connectivity index (χ0n) is 16.0. The van der Waals surface area contributed by atoms with E-state index in [9.17, 15) is 4.79 Å². The Morgan fingerprint density at radius 1 is 1.29 bits per heavy atom. The summed E-state index contributed by atoms with van der Waals surface area (Å²) in [6.07, 6.45) is 9.36. The average molecular weight is 399 g/mol. The van der Waals surface area contributed by atoms with Crippen molar-refractivity contribution in [2.24, 2.45) is 7.05 Å². The minimum atomic E-state index is -0.106. The van der Waals surface area contributed by atoms with Gasteiger partial charge >= 0.3 is 0 Å². The smallest absolute Gasteiger partial charge is 0.275 e. The zero-order valence-corrected chi connectivity index (χ0v) is 16.8. The molecule has 1 fully saturated rings. The summed E-state index contributed by atoms with van der Waals surface area (Å²) in [5.41, 5.74) is 2.31. The van der Waals surface area contributed by atoms with Crippen LogP contribution in [0.4, 0.5) is 0 Å². The molecule has 0 aromatic carbocycles. The van der Waals surface area contributed by atoms with Gasteiger partial charge in [-0.2, -0.15) is 5.10 Å². The normalized spacial score (nSPS) is 17.1. The monoisotopic (exact) mass is 398 g/mol. The Morgan fingerprint density at radius 3 is 2.79 bits per heavy atom. The molecule has 0 spiro atoms. The van der Waals surface area contributed by atoms with Crippen molar-refractivity contribution in [3.63, 3.8) is 0 Å². The summed E-state index contributed by atoms with van der Waals surface area (Å²) in [7, 11) is 1.80. The largest absolute Gasteiger partial charge is 0.336 e. The first-order valence-electron chi connectivity index (χ1n) is 9.43. The molecule has 4 heterocycles. The van der Waals surface area contributed by atoms with E-state index >= 15 is 0 Å². The Bertz CT molecular complexity index is 980. The molecule has 1 amide bonds. The van der Waals surface area contributed by atoms with Crippen LogP contribution in [0.3, 0.4) is 0 Å². The number of amides is 1. The SMILES string of the molecule is Cc1c(Cl)c(C(=O)N2CCC[C@H](c3nccn3Cc3ccncc3)C2)nn1C. The van der Waals surface area contributed by atoms with Crippen LogP contribution in [0.5, 0.6) is 0 Å². The van der Waals surface area contributed by atoms with Gasteiger partial charge in [0.25, 0.3) is 5.91 Å². The molecule has 0 unspecified atom stereocenters. The highest BCUT2D eigenvalue weighted by Crippen LogP contribution is 2.29. The summed E-state index contributed by atoms with van der Waals surface area (Å²) >= 11 is 6.33.